The van der Waals surface area contributed by atoms with Crippen molar-refractivity contribution in [1.82, 2.24) is 9.88 Å². The Bertz CT molecular complexity index is 1250. The first kappa shape index (κ1) is 22.7. The van der Waals surface area contributed by atoms with Crippen LogP contribution in [0, 0.1) is 0 Å². The summed E-state index contributed by atoms with van der Waals surface area (Å²) in [4.78, 5) is 9.64. The van der Waals surface area contributed by atoms with Crippen molar-refractivity contribution in [2.45, 2.75) is 26.3 Å². The van der Waals surface area contributed by atoms with Gasteiger partial charge in [-0.2, -0.15) is 0 Å². The number of pyridine rings is 1. The first-order valence-corrected chi connectivity index (χ1v) is 12.5. The van der Waals surface area contributed by atoms with Gasteiger partial charge in [0, 0.05) is 52.8 Å². The van der Waals surface area contributed by atoms with Crippen LogP contribution in [0.1, 0.15) is 20.3 Å². The van der Waals surface area contributed by atoms with Gasteiger partial charge in [-0.05, 0) is 85.2 Å². The quantitative estimate of drug-likeness (QED) is 0.309. The summed E-state index contributed by atoms with van der Waals surface area (Å²) in [6.07, 6.45) is 3.10. The van der Waals surface area contributed by atoms with Crippen molar-refractivity contribution >= 4 is 39.6 Å². The average Bonchev–Trinajstić information content (AvgIpc) is 3.36. The summed E-state index contributed by atoms with van der Waals surface area (Å²) in [5, 5.41) is 5.45. The molecular formula is C29H31ClN4. The van der Waals surface area contributed by atoms with Gasteiger partial charge in [-0.15, -0.1) is 0 Å². The lowest BCUT2D eigenvalue weighted by atomic mass is 10.0. The third-order valence-electron chi connectivity index (χ3n) is 6.92. The lowest BCUT2D eigenvalue weighted by Crippen LogP contribution is -2.37. The summed E-state index contributed by atoms with van der Waals surface area (Å²) < 4.78 is 0. The smallest absolute Gasteiger partial charge is 0.0723 e. The second-order valence-electron chi connectivity index (χ2n) is 8.88. The number of fused-ring (bicyclic) bond motifs is 1. The normalized spacial score (nSPS) is 15.9. The highest BCUT2D eigenvalue weighted by atomic mass is 35.5. The topological polar surface area (TPSA) is 31.4 Å². The fourth-order valence-corrected chi connectivity index (χ4v) is 5.13. The summed E-state index contributed by atoms with van der Waals surface area (Å²) in [6, 6.07) is 25.8. The molecule has 34 heavy (non-hydrogen) atoms. The summed E-state index contributed by atoms with van der Waals surface area (Å²) in [5.41, 5.74) is 6.68. The number of hydrogen-bond acceptors (Lipinski definition) is 4. The second kappa shape index (κ2) is 10.0. The summed E-state index contributed by atoms with van der Waals surface area (Å²) >= 11 is 6.07. The van der Waals surface area contributed by atoms with E-state index in [4.69, 9.17) is 11.6 Å². The minimum Gasteiger partial charge on any atom is -0.370 e. The van der Waals surface area contributed by atoms with Crippen LogP contribution in [0.2, 0.25) is 5.02 Å². The van der Waals surface area contributed by atoms with E-state index in [1.807, 2.05) is 24.4 Å². The highest BCUT2D eigenvalue weighted by molar-refractivity contribution is 6.30. The van der Waals surface area contributed by atoms with Crippen molar-refractivity contribution in [2.75, 3.05) is 36.4 Å². The average molecular weight is 471 g/mol. The van der Waals surface area contributed by atoms with Gasteiger partial charge in [0.15, 0.2) is 0 Å². The maximum absolute atomic E-state index is 6.07. The number of halogens is 1. The minimum absolute atomic E-state index is 0.658. The molecule has 5 rings (SSSR count). The second-order valence-corrected chi connectivity index (χ2v) is 9.32. The Morgan fingerprint density at radius 2 is 1.68 bits per heavy atom. The van der Waals surface area contributed by atoms with Gasteiger partial charge in [0.1, 0.15) is 0 Å². The molecule has 0 aliphatic carbocycles. The molecule has 1 atom stereocenters. The monoisotopic (exact) mass is 470 g/mol. The summed E-state index contributed by atoms with van der Waals surface area (Å²) in [6.45, 7) is 8.99. The molecule has 174 valence electrons. The van der Waals surface area contributed by atoms with Crippen molar-refractivity contribution < 1.29 is 0 Å². The van der Waals surface area contributed by atoms with Crippen LogP contribution >= 0.6 is 11.6 Å². The summed E-state index contributed by atoms with van der Waals surface area (Å²) in [7, 11) is 0. The van der Waals surface area contributed by atoms with Crippen molar-refractivity contribution in [2.24, 2.45) is 0 Å². The lowest BCUT2D eigenvalue weighted by Gasteiger charge is -2.26. The number of aromatic nitrogens is 1. The van der Waals surface area contributed by atoms with Crippen LogP contribution in [-0.2, 0) is 0 Å². The molecule has 0 radical (unpaired) electrons. The summed E-state index contributed by atoms with van der Waals surface area (Å²) in [5.74, 6) is 0. The van der Waals surface area contributed by atoms with E-state index in [2.05, 4.69) is 88.5 Å². The molecule has 0 amide bonds. The molecule has 0 spiro atoms. The highest BCUT2D eigenvalue weighted by Crippen LogP contribution is 2.31. The zero-order valence-electron chi connectivity index (χ0n) is 19.8. The van der Waals surface area contributed by atoms with Crippen LogP contribution in [0.3, 0.4) is 0 Å². The Labute approximate surface area is 207 Å². The van der Waals surface area contributed by atoms with Gasteiger partial charge in [0.25, 0.3) is 0 Å². The predicted octanol–water partition coefficient (Wildman–Crippen LogP) is 7.22. The van der Waals surface area contributed by atoms with E-state index in [0.717, 1.165) is 64.6 Å². The van der Waals surface area contributed by atoms with Crippen LogP contribution < -0.4 is 10.2 Å². The molecule has 1 aliphatic rings. The largest absolute Gasteiger partial charge is 0.370 e. The minimum atomic E-state index is 0.658. The number of benzene rings is 3. The molecular weight excluding hydrogens is 440 g/mol. The molecule has 1 fully saturated rings. The molecule has 5 heteroatoms. The molecule has 1 saturated heterocycles. The van der Waals surface area contributed by atoms with Gasteiger partial charge in [-0.3, -0.25) is 9.88 Å². The first-order chi connectivity index (χ1) is 16.6. The first-order valence-electron chi connectivity index (χ1n) is 12.2. The van der Waals surface area contributed by atoms with E-state index in [-0.39, 0.29) is 0 Å². The fraction of sp³-hybridized carbons (Fsp3) is 0.276. The zero-order valence-corrected chi connectivity index (χ0v) is 20.6. The molecule has 0 bridgehead atoms. The Morgan fingerprint density at radius 3 is 2.41 bits per heavy atom. The number of nitrogens with zero attached hydrogens (tertiary/aromatic N) is 3. The molecule has 0 saturated carbocycles. The van der Waals surface area contributed by atoms with Crippen LogP contribution in [0.25, 0.3) is 22.0 Å². The van der Waals surface area contributed by atoms with Crippen LogP contribution in [0.5, 0.6) is 0 Å². The Kier molecular flexibility index (Phi) is 6.70. The van der Waals surface area contributed by atoms with Crippen molar-refractivity contribution in [3.8, 4) is 11.1 Å². The number of likely N-dealkylation sites (N-methyl/N-ethyl adjacent to an activating group) is 1. The fourth-order valence-electron chi connectivity index (χ4n) is 5.00. The van der Waals surface area contributed by atoms with E-state index >= 15 is 0 Å². The van der Waals surface area contributed by atoms with Gasteiger partial charge < -0.3 is 10.2 Å². The van der Waals surface area contributed by atoms with Gasteiger partial charge in [0.05, 0.1) is 5.52 Å². The SMILES string of the molecule is CCN(CC)C1CCN(c2ccc(Nc3ccnc4ccc(-c5ccc(Cl)cc5)cc34)cc2)C1. The van der Waals surface area contributed by atoms with Crippen LogP contribution in [0.15, 0.2) is 79.0 Å². The molecule has 1 aromatic heterocycles. The van der Waals surface area contributed by atoms with Gasteiger partial charge in [-0.1, -0.05) is 43.6 Å². The maximum Gasteiger partial charge on any atom is 0.0723 e. The van der Waals surface area contributed by atoms with Crippen molar-refractivity contribution in [3.63, 3.8) is 0 Å². The van der Waals surface area contributed by atoms with Crippen LogP contribution in [-0.4, -0.2) is 42.1 Å². The molecule has 1 unspecified atom stereocenters. The number of anilines is 3. The molecule has 1 aliphatic heterocycles. The lowest BCUT2D eigenvalue weighted by molar-refractivity contribution is 0.232. The molecule has 1 N–H and O–H groups in total. The number of rotatable bonds is 7. The Morgan fingerprint density at radius 1 is 0.941 bits per heavy atom. The van der Waals surface area contributed by atoms with E-state index in [9.17, 15) is 0 Å². The van der Waals surface area contributed by atoms with E-state index in [1.54, 1.807) is 0 Å². The molecule has 4 aromatic rings. The van der Waals surface area contributed by atoms with E-state index < -0.39 is 0 Å². The van der Waals surface area contributed by atoms with Gasteiger partial charge in [-0.25, -0.2) is 0 Å². The van der Waals surface area contributed by atoms with E-state index in [0.29, 0.717) is 6.04 Å². The zero-order chi connectivity index (χ0) is 23.5. The van der Waals surface area contributed by atoms with E-state index in [1.165, 1.54) is 12.1 Å². The molecule has 3 aromatic carbocycles. The molecule has 2 heterocycles. The van der Waals surface area contributed by atoms with Crippen molar-refractivity contribution in [3.05, 3.63) is 84.0 Å². The van der Waals surface area contributed by atoms with Gasteiger partial charge >= 0.3 is 0 Å². The van der Waals surface area contributed by atoms with Crippen molar-refractivity contribution in [1.29, 1.82) is 0 Å². The highest BCUT2D eigenvalue weighted by Gasteiger charge is 2.26. The Balaban J connectivity index is 1.35. The predicted molar refractivity (Wildman–Crippen MR) is 145 cm³/mol. The van der Waals surface area contributed by atoms with Crippen LogP contribution in [0.4, 0.5) is 17.1 Å². The third kappa shape index (κ3) is 4.75. The molecule has 4 nitrogen and oxygen atoms in total. The number of hydrogen-bond donors (Lipinski definition) is 1. The Hall–Kier alpha value is -3.08. The van der Waals surface area contributed by atoms with Gasteiger partial charge in [0.2, 0.25) is 0 Å². The maximum atomic E-state index is 6.07. The number of nitrogens with one attached hydrogen (secondary N) is 1. The standard InChI is InChI=1S/C29H31ClN4/c1-3-33(4-2)26-16-18-34(20-26)25-12-10-24(11-13-25)32-29-15-17-31-28-14-7-22(19-27(28)29)21-5-8-23(30)9-6-21/h5-15,17,19,26H,3-4,16,18,20H2,1-2H3,(H,31,32). The third-order valence-corrected chi connectivity index (χ3v) is 7.17.